The number of rotatable bonds is 1. The summed E-state index contributed by atoms with van der Waals surface area (Å²) < 4.78 is 0.687. The second kappa shape index (κ2) is 3.46. The molecule has 0 fully saturated rings. The van der Waals surface area contributed by atoms with Crippen LogP contribution in [0.2, 0.25) is 0 Å². The third-order valence-electron chi connectivity index (χ3n) is 1.32. The van der Waals surface area contributed by atoms with Gasteiger partial charge in [-0.1, -0.05) is 0 Å². The number of benzene rings is 1. The number of thiol groups is 1. The topological polar surface area (TPSA) is 66.6 Å². The molecule has 0 aliphatic carbocycles. The third kappa shape index (κ3) is 1.90. The minimum Gasteiger partial charge on any atom is -0.508 e. The standard InChI is InChI=1S/C7H8N2O2S/c8-9(12)7(11)5-1-3-6(10)4-2-5/h1-4,10,12H,8H2. The average Bonchev–Trinajstić information content (AvgIpc) is 2.04. The van der Waals surface area contributed by atoms with Gasteiger partial charge in [-0.25, -0.2) is 10.3 Å². The SMILES string of the molecule is NN(S)C(=O)c1ccc(O)cc1. The number of aromatic hydroxyl groups is 1. The summed E-state index contributed by atoms with van der Waals surface area (Å²) >= 11 is 3.63. The van der Waals surface area contributed by atoms with Crippen LogP contribution in [0, 0.1) is 0 Å². The maximum atomic E-state index is 11.1. The normalized spacial score (nSPS) is 9.50. The molecule has 0 aliphatic heterocycles. The molecule has 0 heterocycles. The minimum atomic E-state index is -0.418. The highest BCUT2D eigenvalue weighted by molar-refractivity contribution is 7.78. The molecule has 1 aromatic carbocycles. The van der Waals surface area contributed by atoms with Crippen LogP contribution in [-0.4, -0.2) is 15.4 Å². The van der Waals surface area contributed by atoms with E-state index in [9.17, 15) is 4.79 Å². The van der Waals surface area contributed by atoms with E-state index >= 15 is 0 Å². The molecule has 0 aliphatic rings. The van der Waals surface area contributed by atoms with Gasteiger partial charge in [0.05, 0.1) is 0 Å². The molecule has 0 aromatic heterocycles. The number of phenols is 1. The highest BCUT2D eigenvalue weighted by Crippen LogP contribution is 2.10. The zero-order valence-electron chi connectivity index (χ0n) is 6.14. The van der Waals surface area contributed by atoms with Crippen molar-refractivity contribution >= 4 is 18.7 Å². The Kier molecular flexibility index (Phi) is 2.57. The lowest BCUT2D eigenvalue weighted by Crippen LogP contribution is -2.27. The van der Waals surface area contributed by atoms with Gasteiger partial charge in [0, 0.05) is 5.56 Å². The first-order chi connectivity index (χ1) is 5.61. The van der Waals surface area contributed by atoms with Crippen molar-refractivity contribution in [3.05, 3.63) is 29.8 Å². The Hall–Kier alpha value is -1.20. The van der Waals surface area contributed by atoms with Crippen molar-refractivity contribution in [1.29, 1.82) is 0 Å². The predicted octanol–water partition coefficient (Wildman–Crippen LogP) is 0.553. The molecule has 0 saturated carbocycles. The lowest BCUT2D eigenvalue weighted by Gasteiger charge is -2.07. The fourth-order valence-corrected chi connectivity index (χ4v) is 0.852. The first kappa shape index (κ1) is 8.89. The Morgan fingerprint density at radius 1 is 1.42 bits per heavy atom. The molecule has 64 valence electrons. The lowest BCUT2D eigenvalue weighted by molar-refractivity contribution is 0.0874. The number of nitrogens with two attached hydrogens (primary N) is 1. The first-order valence-corrected chi connectivity index (χ1v) is 3.58. The van der Waals surface area contributed by atoms with Crippen molar-refractivity contribution in [3.63, 3.8) is 0 Å². The van der Waals surface area contributed by atoms with Crippen molar-refractivity contribution < 1.29 is 9.90 Å². The minimum absolute atomic E-state index is 0.106. The van der Waals surface area contributed by atoms with Crippen molar-refractivity contribution in [1.82, 2.24) is 4.41 Å². The maximum Gasteiger partial charge on any atom is 0.277 e. The van der Waals surface area contributed by atoms with E-state index in [4.69, 9.17) is 10.9 Å². The Morgan fingerprint density at radius 3 is 2.33 bits per heavy atom. The number of amides is 1. The van der Waals surface area contributed by atoms with E-state index in [0.29, 0.717) is 9.98 Å². The van der Waals surface area contributed by atoms with Crippen LogP contribution in [0.3, 0.4) is 0 Å². The number of hydrazine groups is 1. The zero-order valence-corrected chi connectivity index (χ0v) is 7.03. The van der Waals surface area contributed by atoms with Crippen molar-refractivity contribution in [3.8, 4) is 5.75 Å². The van der Waals surface area contributed by atoms with Crippen LogP contribution in [0.5, 0.6) is 5.75 Å². The molecule has 0 spiro atoms. The smallest absolute Gasteiger partial charge is 0.277 e. The van der Waals surface area contributed by atoms with Crippen LogP contribution in [0.4, 0.5) is 0 Å². The van der Waals surface area contributed by atoms with E-state index < -0.39 is 5.91 Å². The van der Waals surface area contributed by atoms with E-state index in [1.165, 1.54) is 24.3 Å². The van der Waals surface area contributed by atoms with Gasteiger partial charge >= 0.3 is 0 Å². The second-order valence-corrected chi connectivity index (χ2v) is 2.63. The summed E-state index contributed by atoms with van der Waals surface area (Å²) in [5.74, 6) is 4.78. The van der Waals surface area contributed by atoms with Crippen LogP contribution in [0.25, 0.3) is 0 Å². The molecule has 0 saturated heterocycles. The molecular formula is C7H8N2O2S. The van der Waals surface area contributed by atoms with Crippen LogP contribution in [-0.2, 0) is 0 Å². The molecule has 1 amide bonds. The van der Waals surface area contributed by atoms with Gasteiger partial charge in [-0.15, -0.1) is 0 Å². The van der Waals surface area contributed by atoms with Gasteiger partial charge < -0.3 is 5.11 Å². The number of carbonyl (C=O) groups excluding carboxylic acids is 1. The maximum absolute atomic E-state index is 11.1. The molecule has 12 heavy (non-hydrogen) atoms. The quantitative estimate of drug-likeness (QED) is 0.258. The van der Waals surface area contributed by atoms with Crippen molar-refractivity contribution in [2.75, 3.05) is 0 Å². The fourth-order valence-electron chi connectivity index (χ4n) is 0.736. The second-order valence-electron chi connectivity index (χ2n) is 2.20. The zero-order chi connectivity index (χ0) is 9.14. The highest BCUT2D eigenvalue weighted by atomic mass is 32.1. The van der Waals surface area contributed by atoms with Crippen molar-refractivity contribution in [2.45, 2.75) is 0 Å². The third-order valence-corrected chi connectivity index (χ3v) is 1.50. The summed E-state index contributed by atoms with van der Waals surface area (Å²) in [7, 11) is 0. The number of hydrogen-bond donors (Lipinski definition) is 3. The molecule has 4 nitrogen and oxygen atoms in total. The van der Waals surface area contributed by atoms with E-state index in [1.54, 1.807) is 0 Å². The van der Waals surface area contributed by atoms with Crippen LogP contribution < -0.4 is 5.84 Å². The Labute approximate surface area is 75.1 Å². The van der Waals surface area contributed by atoms with E-state index in [1.807, 2.05) is 0 Å². The average molecular weight is 184 g/mol. The highest BCUT2D eigenvalue weighted by Gasteiger charge is 2.07. The summed E-state index contributed by atoms with van der Waals surface area (Å²) in [6.07, 6.45) is 0. The molecule has 0 bridgehead atoms. The molecule has 1 aromatic rings. The van der Waals surface area contributed by atoms with Crippen LogP contribution >= 0.6 is 12.8 Å². The molecule has 0 atom stereocenters. The van der Waals surface area contributed by atoms with E-state index in [-0.39, 0.29) is 5.75 Å². The number of hydrogen-bond acceptors (Lipinski definition) is 4. The monoisotopic (exact) mass is 184 g/mol. The van der Waals surface area contributed by atoms with Gasteiger partial charge in [0.15, 0.2) is 0 Å². The predicted molar refractivity (Wildman–Crippen MR) is 47.4 cm³/mol. The Balaban J connectivity index is 2.90. The molecule has 0 radical (unpaired) electrons. The van der Waals surface area contributed by atoms with Crippen LogP contribution in [0.1, 0.15) is 10.4 Å². The summed E-state index contributed by atoms with van der Waals surface area (Å²) in [5, 5.41) is 8.90. The lowest BCUT2D eigenvalue weighted by atomic mass is 10.2. The summed E-state index contributed by atoms with van der Waals surface area (Å²) in [6, 6.07) is 5.75. The molecule has 1 rings (SSSR count). The number of phenolic OH excluding ortho intramolecular Hbond substituents is 1. The summed E-state index contributed by atoms with van der Waals surface area (Å²) in [4.78, 5) is 11.1. The summed E-state index contributed by atoms with van der Waals surface area (Å²) in [6.45, 7) is 0. The largest absolute Gasteiger partial charge is 0.508 e. The molecule has 0 unspecified atom stereocenters. The first-order valence-electron chi connectivity index (χ1n) is 3.18. The van der Waals surface area contributed by atoms with Gasteiger partial charge in [-0.3, -0.25) is 4.79 Å². The molecule has 5 heteroatoms. The molecule has 3 N–H and O–H groups in total. The Morgan fingerprint density at radius 2 is 1.92 bits per heavy atom. The van der Waals surface area contributed by atoms with Crippen LogP contribution in [0.15, 0.2) is 24.3 Å². The van der Waals surface area contributed by atoms with E-state index in [0.717, 1.165) is 0 Å². The fraction of sp³-hybridized carbons (Fsp3) is 0. The van der Waals surface area contributed by atoms with Crippen molar-refractivity contribution in [2.24, 2.45) is 5.84 Å². The Bertz CT molecular complexity index is 284. The van der Waals surface area contributed by atoms with Gasteiger partial charge in [0.25, 0.3) is 5.91 Å². The van der Waals surface area contributed by atoms with Gasteiger partial charge in [-0.2, -0.15) is 0 Å². The van der Waals surface area contributed by atoms with Gasteiger partial charge in [0.1, 0.15) is 5.75 Å². The van der Waals surface area contributed by atoms with Gasteiger partial charge in [-0.05, 0) is 37.1 Å². The number of nitrogens with zero attached hydrogens (tertiary/aromatic N) is 1. The van der Waals surface area contributed by atoms with E-state index in [2.05, 4.69) is 12.8 Å². The molecular weight excluding hydrogens is 176 g/mol. The number of carbonyl (C=O) groups is 1. The van der Waals surface area contributed by atoms with Gasteiger partial charge in [0.2, 0.25) is 0 Å². The summed E-state index contributed by atoms with van der Waals surface area (Å²) in [5.41, 5.74) is 0.380.